The molecule has 2 aliphatic heterocycles. The lowest BCUT2D eigenvalue weighted by molar-refractivity contribution is 0.0850. The molecule has 5 rings (SSSR count). The van der Waals surface area contributed by atoms with Gasteiger partial charge in [-0.25, -0.2) is 9.37 Å². The molecule has 29 heavy (non-hydrogen) atoms. The molecule has 3 N–H and O–H groups in total. The van der Waals surface area contributed by atoms with E-state index in [1.165, 1.54) is 12.1 Å². The summed E-state index contributed by atoms with van der Waals surface area (Å²) < 4.78 is 14.4. The highest BCUT2D eigenvalue weighted by Gasteiger charge is 2.37. The number of aromatic nitrogens is 3. The lowest BCUT2D eigenvalue weighted by atomic mass is 10.0. The maximum absolute atomic E-state index is 14.4. The summed E-state index contributed by atoms with van der Waals surface area (Å²) in [6.07, 6.45) is 2.21. The highest BCUT2D eigenvalue weighted by atomic mass is 19.1. The van der Waals surface area contributed by atoms with Gasteiger partial charge < -0.3 is 10.4 Å². The molecule has 2 saturated heterocycles. The van der Waals surface area contributed by atoms with Crippen LogP contribution in [0.4, 0.5) is 4.39 Å². The van der Waals surface area contributed by atoms with Crippen LogP contribution in [-0.2, 0) is 0 Å². The number of rotatable bonds is 4. The van der Waals surface area contributed by atoms with Gasteiger partial charge in [0.15, 0.2) is 11.4 Å². The molecule has 2 bridgehead atoms. The quantitative estimate of drug-likeness (QED) is 0.588. The minimum atomic E-state index is -0.591. The SMILES string of the molecule is Cc1n[nH]c2nc(-c3ccc(O)cc3F)cc(C(=O)CN3C4CCC3CNC4)c12. The van der Waals surface area contributed by atoms with Crippen LogP contribution in [0.3, 0.4) is 0 Å². The summed E-state index contributed by atoms with van der Waals surface area (Å²) in [6.45, 7) is 3.97. The molecule has 2 aliphatic rings. The molecule has 8 heteroatoms. The predicted molar refractivity (Wildman–Crippen MR) is 106 cm³/mol. The van der Waals surface area contributed by atoms with Crippen LogP contribution >= 0.6 is 0 Å². The van der Waals surface area contributed by atoms with E-state index in [-0.39, 0.29) is 17.1 Å². The van der Waals surface area contributed by atoms with Crippen LogP contribution in [0.1, 0.15) is 28.9 Å². The third-order valence-corrected chi connectivity index (χ3v) is 6.10. The Morgan fingerprint density at radius 3 is 2.76 bits per heavy atom. The monoisotopic (exact) mass is 395 g/mol. The number of nitrogens with one attached hydrogen (secondary N) is 2. The van der Waals surface area contributed by atoms with Crippen molar-refractivity contribution in [2.24, 2.45) is 0 Å². The number of aromatic hydroxyl groups is 1. The Morgan fingerprint density at radius 1 is 1.28 bits per heavy atom. The summed E-state index contributed by atoms with van der Waals surface area (Å²) in [5, 5.41) is 20.7. The number of nitrogens with zero attached hydrogens (tertiary/aromatic N) is 3. The molecule has 0 radical (unpaired) electrons. The van der Waals surface area contributed by atoms with E-state index in [9.17, 15) is 14.3 Å². The van der Waals surface area contributed by atoms with Gasteiger partial charge in [0.25, 0.3) is 0 Å². The number of hydrogen-bond donors (Lipinski definition) is 3. The summed E-state index contributed by atoms with van der Waals surface area (Å²) >= 11 is 0. The molecule has 0 spiro atoms. The van der Waals surface area contributed by atoms with Crippen molar-refractivity contribution in [2.75, 3.05) is 19.6 Å². The molecule has 2 atom stereocenters. The first-order valence-electron chi connectivity index (χ1n) is 9.85. The number of piperazine rings is 1. The first-order chi connectivity index (χ1) is 14.0. The van der Waals surface area contributed by atoms with Crippen molar-refractivity contribution in [3.63, 3.8) is 0 Å². The summed E-state index contributed by atoms with van der Waals surface area (Å²) in [7, 11) is 0. The van der Waals surface area contributed by atoms with E-state index in [2.05, 4.69) is 25.4 Å². The van der Waals surface area contributed by atoms with Crippen LogP contribution in [0.15, 0.2) is 24.3 Å². The Labute approximate surface area is 166 Å². The fourth-order valence-electron chi connectivity index (χ4n) is 4.63. The number of hydrogen-bond acceptors (Lipinski definition) is 6. The summed E-state index contributed by atoms with van der Waals surface area (Å²) in [4.78, 5) is 20.1. The van der Waals surface area contributed by atoms with Crippen LogP contribution in [0.5, 0.6) is 5.75 Å². The molecule has 0 saturated carbocycles. The number of Topliss-reactive ketones (excluding diaryl/α,β-unsaturated/α-hetero) is 1. The zero-order chi connectivity index (χ0) is 20.1. The molecular weight excluding hydrogens is 373 g/mol. The molecule has 2 unspecified atom stereocenters. The molecule has 2 aromatic heterocycles. The van der Waals surface area contributed by atoms with Gasteiger partial charge in [0, 0.05) is 42.4 Å². The number of carbonyl (C=O) groups excluding carboxylic acids is 1. The second-order valence-corrected chi connectivity index (χ2v) is 7.89. The van der Waals surface area contributed by atoms with E-state index in [1.54, 1.807) is 6.07 Å². The summed E-state index contributed by atoms with van der Waals surface area (Å²) in [5.41, 5.74) is 2.22. The van der Waals surface area contributed by atoms with Crippen LogP contribution in [0, 0.1) is 12.7 Å². The minimum absolute atomic E-state index is 0.0128. The van der Waals surface area contributed by atoms with Gasteiger partial charge in [-0.2, -0.15) is 5.10 Å². The number of fused-ring (bicyclic) bond motifs is 3. The first-order valence-corrected chi connectivity index (χ1v) is 9.85. The number of aryl methyl sites for hydroxylation is 1. The summed E-state index contributed by atoms with van der Waals surface area (Å²) in [6, 6.07) is 6.32. The zero-order valence-electron chi connectivity index (χ0n) is 16.1. The fourth-order valence-corrected chi connectivity index (χ4v) is 4.63. The molecule has 1 aromatic carbocycles. The van der Waals surface area contributed by atoms with Gasteiger partial charge in [0.2, 0.25) is 0 Å². The van der Waals surface area contributed by atoms with E-state index in [4.69, 9.17) is 0 Å². The maximum Gasteiger partial charge on any atom is 0.177 e. The Bertz CT molecular complexity index is 1100. The van der Waals surface area contributed by atoms with E-state index < -0.39 is 5.82 Å². The zero-order valence-corrected chi connectivity index (χ0v) is 16.1. The number of pyridine rings is 1. The third kappa shape index (κ3) is 3.08. The molecule has 0 amide bonds. The molecule has 0 aliphatic carbocycles. The normalized spacial score (nSPS) is 21.7. The van der Waals surface area contributed by atoms with Crippen molar-refractivity contribution >= 4 is 16.8 Å². The number of phenolic OH excluding ortho intramolecular Hbond substituents is 1. The van der Waals surface area contributed by atoms with Crippen molar-refractivity contribution in [3.05, 3.63) is 41.3 Å². The predicted octanol–water partition coefficient (Wildman–Crippen LogP) is 2.40. The number of carbonyl (C=O) groups is 1. The average molecular weight is 395 g/mol. The van der Waals surface area contributed by atoms with Gasteiger partial charge in [-0.3, -0.25) is 14.8 Å². The van der Waals surface area contributed by atoms with Gasteiger partial charge in [0.05, 0.1) is 23.3 Å². The number of benzene rings is 1. The van der Waals surface area contributed by atoms with Crippen LogP contribution in [0.25, 0.3) is 22.3 Å². The largest absolute Gasteiger partial charge is 0.508 e. The van der Waals surface area contributed by atoms with Crippen LogP contribution < -0.4 is 5.32 Å². The Hall–Kier alpha value is -2.84. The number of aromatic amines is 1. The van der Waals surface area contributed by atoms with Gasteiger partial charge in [0.1, 0.15) is 11.6 Å². The second-order valence-electron chi connectivity index (χ2n) is 7.89. The highest BCUT2D eigenvalue weighted by Crippen LogP contribution is 2.31. The van der Waals surface area contributed by atoms with E-state index in [0.29, 0.717) is 46.6 Å². The van der Waals surface area contributed by atoms with Crippen molar-refractivity contribution in [3.8, 4) is 17.0 Å². The third-order valence-electron chi connectivity index (χ3n) is 6.10. The standard InChI is InChI=1S/C21H22FN5O2/c1-11-20-16(19(29)10-27-12-2-3-13(27)9-23-8-12)7-18(24-21(20)26-25-11)15-5-4-14(28)6-17(15)22/h4-7,12-13,23,28H,2-3,8-10H2,1H3,(H,24,25,26). The topological polar surface area (TPSA) is 94.1 Å². The number of phenols is 1. The van der Waals surface area contributed by atoms with E-state index in [0.717, 1.165) is 32.0 Å². The Balaban J connectivity index is 1.57. The van der Waals surface area contributed by atoms with E-state index >= 15 is 0 Å². The van der Waals surface area contributed by atoms with Crippen LogP contribution in [-0.4, -0.2) is 62.7 Å². The van der Waals surface area contributed by atoms with Crippen molar-refractivity contribution in [1.82, 2.24) is 25.4 Å². The van der Waals surface area contributed by atoms with Crippen molar-refractivity contribution in [2.45, 2.75) is 31.8 Å². The molecule has 150 valence electrons. The highest BCUT2D eigenvalue weighted by molar-refractivity contribution is 6.09. The first kappa shape index (κ1) is 18.2. The Kier molecular flexibility index (Phi) is 4.33. The number of halogens is 1. The molecule has 4 heterocycles. The van der Waals surface area contributed by atoms with Crippen molar-refractivity contribution < 1.29 is 14.3 Å². The van der Waals surface area contributed by atoms with E-state index in [1.807, 2.05) is 6.92 Å². The number of H-pyrrole nitrogens is 1. The molecule has 2 fully saturated rings. The van der Waals surface area contributed by atoms with Gasteiger partial charge in [-0.1, -0.05) is 0 Å². The lowest BCUT2D eigenvalue weighted by Crippen LogP contribution is -2.53. The second kappa shape index (κ2) is 6.89. The smallest absolute Gasteiger partial charge is 0.177 e. The van der Waals surface area contributed by atoms with Crippen molar-refractivity contribution in [1.29, 1.82) is 0 Å². The average Bonchev–Trinajstić information content (AvgIpc) is 3.15. The van der Waals surface area contributed by atoms with Gasteiger partial charge in [-0.05, 0) is 38.0 Å². The minimum Gasteiger partial charge on any atom is -0.508 e. The van der Waals surface area contributed by atoms with Gasteiger partial charge >= 0.3 is 0 Å². The Morgan fingerprint density at radius 2 is 2.03 bits per heavy atom. The fraction of sp³-hybridized carbons (Fsp3) is 0.381. The van der Waals surface area contributed by atoms with Gasteiger partial charge in [-0.15, -0.1) is 0 Å². The summed E-state index contributed by atoms with van der Waals surface area (Å²) in [5.74, 6) is -0.761. The van der Waals surface area contributed by atoms with Crippen LogP contribution in [0.2, 0.25) is 0 Å². The number of ketones is 1. The lowest BCUT2D eigenvalue weighted by Gasteiger charge is -2.34. The molecule has 3 aromatic rings. The molecular formula is C21H22FN5O2. The molecule has 7 nitrogen and oxygen atoms in total. The maximum atomic E-state index is 14.4.